The van der Waals surface area contributed by atoms with Gasteiger partial charge in [-0.05, 0) is 43.2 Å². The first-order chi connectivity index (χ1) is 13.2. The Morgan fingerprint density at radius 2 is 1.85 bits per heavy atom. The van der Waals surface area contributed by atoms with Crippen LogP contribution in [0.3, 0.4) is 0 Å². The zero-order chi connectivity index (χ0) is 19.1. The third kappa shape index (κ3) is 4.85. The van der Waals surface area contributed by atoms with Gasteiger partial charge in [-0.2, -0.15) is 5.10 Å². The molecule has 1 aromatic heterocycles. The van der Waals surface area contributed by atoms with Gasteiger partial charge >= 0.3 is 0 Å². The molecule has 0 radical (unpaired) electrons. The molecule has 0 spiro atoms. The molecule has 1 heterocycles. The van der Waals surface area contributed by atoms with Crippen LogP contribution in [0.1, 0.15) is 34.2 Å². The summed E-state index contributed by atoms with van der Waals surface area (Å²) in [6.07, 6.45) is 3.12. The molecule has 0 bridgehead atoms. The number of aryl methyl sites for hydroxylation is 1. The van der Waals surface area contributed by atoms with E-state index in [-0.39, 0.29) is 5.91 Å². The van der Waals surface area contributed by atoms with E-state index in [1.165, 1.54) is 11.8 Å². The van der Waals surface area contributed by atoms with Gasteiger partial charge in [0.05, 0.1) is 18.0 Å². The molecular formula is C22H23N3O2. The number of benzene rings is 2. The number of hydrazone groups is 1. The predicted molar refractivity (Wildman–Crippen MR) is 108 cm³/mol. The molecule has 3 aromatic rings. The fourth-order valence-corrected chi connectivity index (χ4v) is 2.81. The highest BCUT2D eigenvalue weighted by Crippen LogP contribution is 2.17. The van der Waals surface area contributed by atoms with Gasteiger partial charge < -0.3 is 9.32 Å². The van der Waals surface area contributed by atoms with Gasteiger partial charge in [-0.15, -0.1) is 0 Å². The van der Waals surface area contributed by atoms with Gasteiger partial charge in [0, 0.05) is 18.8 Å². The van der Waals surface area contributed by atoms with Crippen LogP contribution in [0.5, 0.6) is 0 Å². The molecule has 3 rings (SSSR count). The van der Waals surface area contributed by atoms with Crippen LogP contribution in [-0.4, -0.2) is 18.7 Å². The molecule has 5 nitrogen and oxygen atoms in total. The minimum Gasteiger partial charge on any atom is -0.469 e. The fourth-order valence-electron chi connectivity index (χ4n) is 2.81. The summed E-state index contributed by atoms with van der Waals surface area (Å²) in [7, 11) is 0. The Morgan fingerprint density at radius 1 is 1.11 bits per heavy atom. The maximum atomic E-state index is 12.0. The van der Waals surface area contributed by atoms with Crippen molar-refractivity contribution in [2.75, 3.05) is 11.4 Å². The molecule has 5 heteroatoms. The summed E-state index contributed by atoms with van der Waals surface area (Å²) < 4.78 is 5.12. The summed E-state index contributed by atoms with van der Waals surface area (Å²) in [5, 5.41) is 4.02. The van der Waals surface area contributed by atoms with Crippen molar-refractivity contribution in [2.24, 2.45) is 5.10 Å². The highest BCUT2D eigenvalue weighted by Gasteiger charge is 2.10. The molecule has 1 amide bonds. The average Bonchev–Trinajstić information content (AvgIpc) is 3.13. The van der Waals surface area contributed by atoms with Crippen LogP contribution < -0.4 is 10.3 Å². The van der Waals surface area contributed by atoms with Crippen LogP contribution >= 0.6 is 0 Å². The van der Waals surface area contributed by atoms with Crippen molar-refractivity contribution < 1.29 is 9.21 Å². The van der Waals surface area contributed by atoms with E-state index in [1.54, 1.807) is 19.2 Å². The number of carbonyl (C=O) groups is 1. The maximum Gasteiger partial charge on any atom is 0.274 e. The van der Waals surface area contributed by atoms with E-state index in [0.717, 1.165) is 24.3 Å². The Hall–Kier alpha value is -3.34. The van der Waals surface area contributed by atoms with Crippen molar-refractivity contribution in [2.45, 2.75) is 20.4 Å². The highest BCUT2D eigenvalue weighted by atomic mass is 16.3. The van der Waals surface area contributed by atoms with E-state index in [1.807, 2.05) is 18.2 Å². The summed E-state index contributed by atoms with van der Waals surface area (Å²) in [6, 6.07) is 20.1. The molecule has 0 fully saturated rings. The number of nitrogens with one attached hydrogen (secondary N) is 1. The number of nitrogens with zero attached hydrogens (tertiary/aromatic N) is 2. The van der Waals surface area contributed by atoms with E-state index >= 15 is 0 Å². The summed E-state index contributed by atoms with van der Waals surface area (Å²) in [5.74, 6) is 0.291. The first kappa shape index (κ1) is 18.5. The first-order valence-electron chi connectivity index (χ1n) is 8.94. The molecule has 138 valence electrons. The number of amides is 1. The highest BCUT2D eigenvalue weighted by molar-refractivity contribution is 5.95. The number of anilines is 1. The van der Waals surface area contributed by atoms with Gasteiger partial charge in [-0.1, -0.05) is 42.5 Å². The molecule has 0 aliphatic rings. The van der Waals surface area contributed by atoms with Gasteiger partial charge in [0.25, 0.3) is 5.91 Å². The molecule has 27 heavy (non-hydrogen) atoms. The van der Waals surface area contributed by atoms with Crippen LogP contribution in [0.15, 0.2) is 76.4 Å². The molecule has 0 aliphatic heterocycles. The monoisotopic (exact) mass is 361 g/mol. The van der Waals surface area contributed by atoms with E-state index in [2.05, 4.69) is 58.7 Å². The summed E-state index contributed by atoms with van der Waals surface area (Å²) in [5.41, 5.74) is 6.35. The van der Waals surface area contributed by atoms with Crippen molar-refractivity contribution in [3.8, 4) is 0 Å². The Bertz CT molecular complexity index is 899. The molecule has 0 saturated heterocycles. The number of hydrogen-bond donors (Lipinski definition) is 1. The second-order valence-corrected chi connectivity index (χ2v) is 6.18. The maximum absolute atomic E-state index is 12.0. The predicted octanol–water partition coefficient (Wildman–Crippen LogP) is 4.38. The van der Waals surface area contributed by atoms with Crippen molar-refractivity contribution in [1.29, 1.82) is 0 Å². The standard InChI is InChI=1S/C22H23N3O2/c1-3-25(16-19-7-5-4-6-8-19)20-11-9-18(10-12-20)15-23-24-22(26)21-13-14-27-17(21)2/h4-15H,3,16H2,1-2H3,(H,24,26)/b23-15-. The molecule has 1 N–H and O–H groups in total. The van der Waals surface area contributed by atoms with Crippen molar-refractivity contribution in [1.82, 2.24) is 5.43 Å². The fraction of sp³-hybridized carbons (Fsp3) is 0.182. The summed E-state index contributed by atoms with van der Waals surface area (Å²) >= 11 is 0. The number of furan rings is 1. The lowest BCUT2D eigenvalue weighted by atomic mass is 10.1. The number of rotatable bonds is 7. The first-order valence-corrected chi connectivity index (χ1v) is 8.94. The number of carbonyl (C=O) groups excluding carboxylic acids is 1. The van der Waals surface area contributed by atoms with E-state index in [0.29, 0.717) is 11.3 Å². The smallest absolute Gasteiger partial charge is 0.274 e. The lowest BCUT2D eigenvalue weighted by molar-refractivity contribution is 0.0953. The second kappa shape index (κ2) is 8.85. The average molecular weight is 361 g/mol. The minimum atomic E-state index is -0.283. The van der Waals surface area contributed by atoms with Crippen molar-refractivity contribution >= 4 is 17.8 Å². The largest absolute Gasteiger partial charge is 0.469 e. The normalized spacial score (nSPS) is 10.9. The van der Waals surface area contributed by atoms with E-state index in [9.17, 15) is 4.79 Å². The third-order valence-corrected chi connectivity index (χ3v) is 4.34. The molecule has 0 unspecified atom stereocenters. The molecule has 0 saturated carbocycles. The van der Waals surface area contributed by atoms with Gasteiger partial charge in [0.1, 0.15) is 5.76 Å². The van der Waals surface area contributed by atoms with Gasteiger partial charge in [0.15, 0.2) is 0 Å². The van der Waals surface area contributed by atoms with Crippen LogP contribution in [0.4, 0.5) is 5.69 Å². The zero-order valence-corrected chi connectivity index (χ0v) is 15.6. The van der Waals surface area contributed by atoms with Crippen molar-refractivity contribution in [3.63, 3.8) is 0 Å². The molecule has 0 aliphatic carbocycles. The molecule has 2 aromatic carbocycles. The van der Waals surface area contributed by atoms with Crippen LogP contribution in [0.2, 0.25) is 0 Å². The third-order valence-electron chi connectivity index (χ3n) is 4.34. The van der Waals surface area contributed by atoms with E-state index < -0.39 is 0 Å². The van der Waals surface area contributed by atoms with Crippen molar-refractivity contribution in [3.05, 3.63) is 89.4 Å². The topological polar surface area (TPSA) is 57.8 Å². The Labute approximate surface area is 159 Å². The Balaban J connectivity index is 1.60. The minimum absolute atomic E-state index is 0.283. The van der Waals surface area contributed by atoms with Crippen LogP contribution in [0, 0.1) is 6.92 Å². The van der Waals surface area contributed by atoms with Crippen LogP contribution in [-0.2, 0) is 6.54 Å². The molecule has 0 atom stereocenters. The summed E-state index contributed by atoms with van der Waals surface area (Å²) in [6.45, 7) is 5.67. The quantitative estimate of drug-likeness (QED) is 0.502. The lowest BCUT2D eigenvalue weighted by Gasteiger charge is -2.23. The van der Waals surface area contributed by atoms with Gasteiger partial charge in [-0.25, -0.2) is 5.43 Å². The molecular weight excluding hydrogens is 338 g/mol. The zero-order valence-electron chi connectivity index (χ0n) is 15.6. The Morgan fingerprint density at radius 3 is 2.48 bits per heavy atom. The SMILES string of the molecule is CCN(Cc1ccccc1)c1ccc(/C=N\NC(=O)c2ccoc2C)cc1. The summed E-state index contributed by atoms with van der Waals surface area (Å²) in [4.78, 5) is 14.3. The second-order valence-electron chi connectivity index (χ2n) is 6.18. The Kier molecular flexibility index (Phi) is 6.05. The van der Waals surface area contributed by atoms with E-state index in [4.69, 9.17) is 4.42 Å². The van der Waals surface area contributed by atoms with Crippen LogP contribution in [0.25, 0.3) is 0 Å². The number of hydrogen-bond acceptors (Lipinski definition) is 4. The van der Waals surface area contributed by atoms with Gasteiger partial charge in [0.2, 0.25) is 0 Å². The lowest BCUT2D eigenvalue weighted by Crippen LogP contribution is -2.21. The van der Waals surface area contributed by atoms with Gasteiger partial charge in [-0.3, -0.25) is 4.79 Å².